The van der Waals surface area contributed by atoms with Gasteiger partial charge in [0.15, 0.2) is 0 Å². The Balaban J connectivity index is 2.28. The molecular formula is C9H13IN4O. The van der Waals surface area contributed by atoms with Crippen LogP contribution in [0.4, 0.5) is 5.82 Å². The minimum absolute atomic E-state index is 0.0632. The van der Waals surface area contributed by atoms with Gasteiger partial charge in [-0.2, -0.15) is 0 Å². The summed E-state index contributed by atoms with van der Waals surface area (Å²) >= 11 is 2.05. The monoisotopic (exact) mass is 320 g/mol. The van der Waals surface area contributed by atoms with E-state index in [1.807, 2.05) is 22.6 Å². The first kappa shape index (κ1) is 10.9. The summed E-state index contributed by atoms with van der Waals surface area (Å²) in [6.45, 7) is 4.86. The van der Waals surface area contributed by atoms with E-state index in [0.717, 1.165) is 25.5 Å². The molecule has 1 aromatic rings. The standard InChI is InChI=1S/C9H13IN4O/c1-6-4-14(3-2-11-6)8-7(10)9(15)13-5-12-8/h5-6,11H,2-4H2,1H3,(H,12,13,15)/t6-/m1/s1. The van der Waals surface area contributed by atoms with E-state index in [1.165, 1.54) is 6.33 Å². The predicted molar refractivity (Wildman–Crippen MR) is 67.3 cm³/mol. The number of nitrogens with zero attached hydrogens (tertiary/aromatic N) is 2. The quantitative estimate of drug-likeness (QED) is 0.725. The van der Waals surface area contributed by atoms with Gasteiger partial charge in [-0.15, -0.1) is 0 Å². The van der Waals surface area contributed by atoms with Gasteiger partial charge in [0.05, 0.1) is 6.33 Å². The number of rotatable bonds is 1. The first-order valence-electron chi connectivity index (χ1n) is 4.90. The molecule has 1 aliphatic rings. The fraction of sp³-hybridized carbons (Fsp3) is 0.556. The van der Waals surface area contributed by atoms with Crippen molar-refractivity contribution >= 4 is 28.4 Å². The van der Waals surface area contributed by atoms with Crippen LogP contribution in [0.25, 0.3) is 0 Å². The van der Waals surface area contributed by atoms with E-state index in [-0.39, 0.29) is 5.56 Å². The van der Waals surface area contributed by atoms with Crippen molar-refractivity contribution in [3.8, 4) is 0 Å². The summed E-state index contributed by atoms with van der Waals surface area (Å²) in [6, 6.07) is 0.440. The number of anilines is 1. The number of piperazine rings is 1. The third-order valence-electron chi connectivity index (χ3n) is 2.45. The summed E-state index contributed by atoms with van der Waals surface area (Å²) in [6.07, 6.45) is 1.46. The molecule has 0 saturated carbocycles. The molecule has 1 aliphatic heterocycles. The van der Waals surface area contributed by atoms with Crippen molar-refractivity contribution in [2.75, 3.05) is 24.5 Å². The van der Waals surface area contributed by atoms with Gasteiger partial charge in [-0.05, 0) is 29.5 Å². The molecule has 2 N–H and O–H groups in total. The summed E-state index contributed by atoms with van der Waals surface area (Å²) in [5.74, 6) is 0.799. The molecule has 2 heterocycles. The smallest absolute Gasteiger partial charge is 0.266 e. The Morgan fingerprint density at radius 3 is 3.20 bits per heavy atom. The van der Waals surface area contributed by atoms with Gasteiger partial charge < -0.3 is 15.2 Å². The highest BCUT2D eigenvalue weighted by Gasteiger charge is 2.19. The van der Waals surface area contributed by atoms with Gasteiger partial charge in [0.25, 0.3) is 5.56 Å². The van der Waals surface area contributed by atoms with Gasteiger partial charge in [-0.25, -0.2) is 4.98 Å². The topological polar surface area (TPSA) is 61.0 Å². The van der Waals surface area contributed by atoms with Crippen LogP contribution in [0.2, 0.25) is 0 Å². The lowest BCUT2D eigenvalue weighted by atomic mass is 10.2. The number of hydrogen-bond donors (Lipinski definition) is 2. The molecule has 1 saturated heterocycles. The van der Waals surface area contributed by atoms with Gasteiger partial charge in [0.1, 0.15) is 9.39 Å². The van der Waals surface area contributed by atoms with E-state index in [0.29, 0.717) is 9.61 Å². The average Bonchev–Trinajstić information content (AvgIpc) is 2.22. The lowest BCUT2D eigenvalue weighted by Gasteiger charge is -2.32. The normalized spacial score (nSPS) is 21.7. The predicted octanol–water partition coefficient (Wildman–Crippen LogP) is 0.173. The molecule has 6 heteroatoms. The second-order valence-electron chi connectivity index (χ2n) is 3.67. The molecule has 0 spiro atoms. The summed E-state index contributed by atoms with van der Waals surface area (Å²) in [7, 11) is 0. The third kappa shape index (κ3) is 2.31. The Morgan fingerprint density at radius 2 is 2.47 bits per heavy atom. The van der Waals surface area contributed by atoms with Crippen LogP contribution in [0.3, 0.4) is 0 Å². The maximum Gasteiger partial charge on any atom is 0.266 e. The van der Waals surface area contributed by atoms with Crippen molar-refractivity contribution in [1.82, 2.24) is 15.3 Å². The Kier molecular flexibility index (Phi) is 3.25. The number of halogens is 1. The molecule has 1 fully saturated rings. The number of H-pyrrole nitrogens is 1. The lowest BCUT2D eigenvalue weighted by molar-refractivity contribution is 0.481. The highest BCUT2D eigenvalue weighted by Crippen LogP contribution is 2.16. The second kappa shape index (κ2) is 4.48. The number of hydrogen-bond acceptors (Lipinski definition) is 4. The molecule has 0 bridgehead atoms. The molecule has 0 aromatic carbocycles. The number of aromatic amines is 1. The lowest BCUT2D eigenvalue weighted by Crippen LogP contribution is -2.50. The first-order chi connectivity index (χ1) is 7.18. The molecular weight excluding hydrogens is 307 g/mol. The van der Waals surface area contributed by atoms with Crippen LogP contribution in [0.5, 0.6) is 0 Å². The van der Waals surface area contributed by atoms with Crippen LogP contribution in [0, 0.1) is 3.57 Å². The third-order valence-corrected chi connectivity index (χ3v) is 3.42. The fourth-order valence-corrected chi connectivity index (χ4v) is 2.35. The number of aromatic nitrogens is 2. The maximum absolute atomic E-state index is 11.4. The van der Waals surface area contributed by atoms with E-state index >= 15 is 0 Å². The minimum atomic E-state index is -0.0632. The SMILES string of the molecule is C[C@@H]1CN(c2nc[nH]c(=O)c2I)CCN1. The van der Waals surface area contributed by atoms with Gasteiger partial charge >= 0.3 is 0 Å². The van der Waals surface area contributed by atoms with Crippen LogP contribution in [0.15, 0.2) is 11.1 Å². The van der Waals surface area contributed by atoms with Gasteiger partial charge in [-0.1, -0.05) is 0 Å². The molecule has 1 aromatic heterocycles. The van der Waals surface area contributed by atoms with Crippen molar-refractivity contribution in [1.29, 1.82) is 0 Å². The Labute approximate surface area is 101 Å². The first-order valence-corrected chi connectivity index (χ1v) is 5.98. The highest BCUT2D eigenvalue weighted by atomic mass is 127. The zero-order valence-electron chi connectivity index (χ0n) is 8.46. The molecule has 0 aliphatic carbocycles. The van der Waals surface area contributed by atoms with Crippen molar-refractivity contribution in [2.45, 2.75) is 13.0 Å². The van der Waals surface area contributed by atoms with Crippen molar-refractivity contribution in [3.05, 3.63) is 20.3 Å². The van der Waals surface area contributed by atoms with Crippen LogP contribution in [0.1, 0.15) is 6.92 Å². The Hall–Kier alpha value is -0.630. The van der Waals surface area contributed by atoms with Crippen molar-refractivity contribution < 1.29 is 0 Å². The molecule has 2 rings (SSSR count). The van der Waals surface area contributed by atoms with E-state index < -0.39 is 0 Å². The second-order valence-corrected chi connectivity index (χ2v) is 4.75. The highest BCUT2D eigenvalue weighted by molar-refractivity contribution is 14.1. The molecule has 5 nitrogen and oxygen atoms in total. The molecule has 0 amide bonds. The molecule has 0 radical (unpaired) electrons. The van der Waals surface area contributed by atoms with Gasteiger partial charge in [0, 0.05) is 25.7 Å². The zero-order chi connectivity index (χ0) is 10.8. The maximum atomic E-state index is 11.4. The van der Waals surface area contributed by atoms with Crippen LogP contribution < -0.4 is 15.8 Å². The van der Waals surface area contributed by atoms with Crippen molar-refractivity contribution in [2.24, 2.45) is 0 Å². The fourth-order valence-electron chi connectivity index (χ4n) is 1.72. The van der Waals surface area contributed by atoms with Crippen LogP contribution in [-0.2, 0) is 0 Å². The molecule has 82 valence electrons. The number of nitrogens with one attached hydrogen (secondary N) is 2. The summed E-state index contributed by atoms with van der Waals surface area (Å²) < 4.78 is 0.671. The summed E-state index contributed by atoms with van der Waals surface area (Å²) in [5.41, 5.74) is -0.0632. The zero-order valence-corrected chi connectivity index (χ0v) is 10.6. The van der Waals surface area contributed by atoms with Crippen molar-refractivity contribution in [3.63, 3.8) is 0 Å². The minimum Gasteiger partial charge on any atom is -0.353 e. The van der Waals surface area contributed by atoms with E-state index in [1.54, 1.807) is 0 Å². The largest absolute Gasteiger partial charge is 0.353 e. The van der Waals surface area contributed by atoms with Crippen LogP contribution >= 0.6 is 22.6 Å². The van der Waals surface area contributed by atoms with Gasteiger partial charge in [-0.3, -0.25) is 4.79 Å². The van der Waals surface area contributed by atoms with E-state index in [9.17, 15) is 4.79 Å². The Bertz CT molecular complexity index is 405. The van der Waals surface area contributed by atoms with E-state index in [4.69, 9.17) is 0 Å². The summed E-state index contributed by atoms with van der Waals surface area (Å²) in [5, 5.41) is 3.36. The van der Waals surface area contributed by atoms with Gasteiger partial charge in [0.2, 0.25) is 0 Å². The molecule has 0 unspecified atom stereocenters. The molecule has 1 atom stereocenters. The Morgan fingerprint density at radius 1 is 1.67 bits per heavy atom. The average molecular weight is 320 g/mol. The molecule has 15 heavy (non-hydrogen) atoms. The van der Waals surface area contributed by atoms with E-state index in [2.05, 4.69) is 27.1 Å². The van der Waals surface area contributed by atoms with Crippen LogP contribution in [-0.4, -0.2) is 35.6 Å². The summed E-state index contributed by atoms with van der Waals surface area (Å²) in [4.78, 5) is 20.4.